The monoisotopic (exact) mass is 201 g/mol. The average Bonchev–Trinajstić information content (AvgIpc) is 2.59. The van der Waals surface area contributed by atoms with E-state index in [1.54, 1.807) is 6.07 Å². The first-order valence-electron chi connectivity index (χ1n) is 4.14. The summed E-state index contributed by atoms with van der Waals surface area (Å²) < 4.78 is 1.00. The fourth-order valence-corrected chi connectivity index (χ4v) is 2.45. The Hall–Kier alpha value is -1.66. The van der Waals surface area contributed by atoms with Crippen LogP contribution in [0.2, 0.25) is 0 Å². The Bertz CT molecular complexity index is 548. The summed E-state index contributed by atoms with van der Waals surface area (Å²) in [5.74, 6) is 0. The zero-order valence-electron chi connectivity index (χ0n) is 7.57. The van der Waals surface area contributed by atoms with E-state index < -0.39 is 0 Å². The SMILES string of the molecule is Cc1cc(C#N)c2cc(C=O)sc2c1. The van der Waals surface area contributed by atoms with E-state index in [9.17, 15) is 4.79 Å². The number of fused-ring (bicyclic) bond motifs is 1. The highest BCUT2D eigenvalue weighted by molar-refractivity contribution is 7.20. The maximum Gasteiger partial charge on any atom is 0.160 e. The molecule has 0 fully saturated rings. The molecule has 1 aromatic carbocycles. The van der Waals surface area contributed by atoms with E-state index in [4.69, 9.17) is 5.26 Å². The number of hydrogen-bond donors (Lipinski definition) is 0. The van der Waals surface area contributed by atoms with Crippen LogP contribution in [-0.2, 0) is 0 Å². The van der Waals surface area contributed by atoms with Gasteiger partial charge in [-0.05, 0) is 30.7 Å². The smallest absolute Gasteiger partial charge is 0.160 e. The molecule has 0 bridgehead atoms. The van der Waals surface area contributed by atoms with E-state index in [2.05, 4.69) is 6.07 Å². The molecule has 0 aliphatic heterocycles. The van der Waals surface area contributed by atoms with Crippen molar-refractivity contribution in [3.63, 3.8) is 0 Å². The molecule has 0 aliphatic carbocycles. The van der Waals surface area contributed by atoms with Gasteiger partial charge in [-0.3, -0.25) is 4.79 Å². The van der Waals surface area contributed by atoms with Gasteiger partial charge in [-0.25, -0.2) is 0 Å². The van der Waals surface area contributed by atoms with E-state index in [0.717, 1.165) is 21.9 Å². The van der Waals surface area contributed by atoms with E-state index in [1.807, 2.05) is 19.1 Å². The molecule has 0 amide bonds. The van der Waals surface area contributed by atoms with Crippen LogP contribution in [0.5, 0.6) is 0 Å². The highest BCUT2D eigenvalue weighted by Gasteiger charge is 2.06. The number of nitriles is 1. The summed E-state index contributed by atoms with van der Waals surface area (Å²) in [6.07, 6.45) is 0.821. The number of thiophene rings is 1. The second kappa shape index (κ2) is 3.24. The highest BCUT2D eigenvalue weighted by atomic mass is 32.1. The van der Waals surface area contributed by atoms with Gasteiger partial charge in [-0.15, -0.1) is 11.3 Å². The van der Waals surface area contributed by atoms with E-state index in [1.165, 1.54) is 11.3 Å². The van der Waals surface area contributed by atoms with Crippen LogP contribution in [0.4, 0.5) is 0 Å². The lowest BCUT2D eigenvalue weighted by atomic mass is 10.1. The topological polar surface area (TPSA) is 40.9 Å². The van der Waals surface area contributed by atoms with Crippen molar-refractivity contribution >= 4 is 27.7 Å². The van der Waals surface area contributed by atoms with Gasteiger partial charge in [-0.2, -0.15) is 5.26 Å². The molecular weight excluding hydrogens is 194 g/mol. The first kappa shape index (κ1) is 8.92. The Morgan fingerprint density at radius 1 is 1.43 bits per heavy atom. The highest BCUT2D eigenvalue weighted by Crippen LogP contribution is 2.28. The molecule has 0 unspecified atom stereocenters. The molecule has 2 rings (SSSR count). The summed E-state index contributed by atoms with van der Waals surface area (Å²) in [4.78, 5) is 11.3. The number of benzene rings is 1. The van der Waals surface area contributed by atoms with Crippen LogP contribution >= 0.6 is 11.3 Å². The maximum atomic E-state index is 10.6. The van der Waals surface area contributed by atoms with Gasteiger partial charge in [0.25, 0.3) is 0 Å². The van der Waals surface area contributed by atoms with Crippen LogP contribution < -0.4 is 0 Å². The minimum Gasteiger partial charge on any atom is -0.297 e. The molecular formula is C11H7NOS. The van der Waals surface area contributed by atoms with Crippen molar-refractivity contribution in [2.45, 2.75) is 6.92 Å². The van der Waals surface area contributed by atoms with Gasteiger partial charge < -0.3 is 0 Å². The van der Waals surface area contributed by atoms with Crippen molar-refractivity contribution < 1.29 is 4.79 Å². The number of nitrogens with zero attached hydrogens (tertiary/aromatic N) is 1. The Kier molecular flexibility index (Phi) is 2.06. The summed E-state index contributed by atoms with van der Waals surface area (Å²) in [5.41, 5.74) is 1.69. The van der Waals surface area contributed by atoms with Crippen LogP contribution in [0.3, 0.4) is 0 Å². The Morgan fingerprint density at radius 2 is 2.21 bits per heavy atom. The molecule has 0 N–H and O–H groups in total. The maximum absolute atomic E-state index is 10.6. The quantitative estimate of drug-likeness (QED) is 0.665. The molecule has 68 valence electrons. The lowest BCUT2D eigenvalue weighted by Gasteiger charge is -1.95. The van der Waals surface area contributed by atoms with Crippen LogP contribution in [0, 0.1) is 18.3 Å². The molecule has 0 radical (unpaired) electrons. The van der Waals surface area contributed by atoms with E-state index in [-0.39, 0.29) is 0 Å². The summed E-state index contributed by atoms with van der Waals surface area (Å²) in [6, 6.07) is 7.74. The van der Waals surface area contributed by atoms with Crippen molar-refractivity contribution in [2.24, 2.45) is 0 Å². The van der Waals surface area contributed by atoms with Crippen molar-refractivity contribution in [1.29, 1.82) is 5.26 Å². The fraction of sp³-hybridized carbons (Fsp3) is 0.0909. The lowest BCUT2D eigenvalue weighted by molar-refractivity contribution is 0.112. The van der Waals surface area contributed by atoms with Crippen molar-refractivity contribution in [3.8, 4) is 6.07 Å². The van der Waals surface area contributed by atoms with Crippen LogP contribution in [0.1, 0.15) is 20.8 Å². The molecule has 0 atom stereocenters. The van der Waals surface area contributed by atoms with Crippen molar-refractivity contribution in [3.05, 3.63) is 34.2 Å². The lowest BCUT2D eigenvalue weighted by Crippen LogP contribution is -1.77. The molecule has 0 saturated heterocycles. The first-order chi connectivity index (χ1) is 6.74. The number of aldehydes is 1. The standard InChI is InChI=1S/C11H7NOS/c1-7-2-8(5-12)10-4-9(6-13)14-11(10)3-7/h2-4,6H,1H3. The van der Waals surface area contributed by atoms with Gasteiger partial charge in [0, 0.05) is 10.1 Å². The van der Waals surface area contributed by atoms with Gasteiger partial charge in [-0.1, -0.05) is 0 Å². The van der Waals surface area contributed by atoms with E-state index >= 15 is 0 Å². The third-order valence-electron chi connectivity index (χ3n) is 2.04. The molecule has 1 aromatic heterocycles. The number of carbonyl (C=O) groups is 1. The molecule has 1 heterocycles. The molecule has 14 heavy (non-hydrogen) atoms. The predicted octanol–water partition coefficient (Wildman–Crippen LogP) is 2.89. The summed E-state index contributed by atoms with van der Waals surface area (Å²) >= 11 is 1.42. The molecule has 2 aromatic rings. The van der Waals surface area contributed by atoms with Gasteiger partial charge in [0.05, 0.1) is 16.5 Å². The average molecular weight is 201 g/mol. The van der Waals surface area contributed by atoms with Gasteiger partial charge in [0.15, 0.2) is 6.29 Å². The fourth-order valence-electron chi connectivity index (χ4n) is 1.45. The van der Waals surface area contributed by atoms with E-state index in [0.29, 0.717) is 10.4 Å². The number of carbonyl (C=O) groups excluding carboxylic acids is 1. The van der Waals surface area contributed by atoms with Crippen LogP contribution in [0.25, 0.3) is 10.1 Å². The van der Waals surface area contributed by atoms with Gasteiger partial charge >= 0.3 is 0 Å². The summed E-state index contributed by atoms with van der Waals surface area (Å²) in [7, 11) is 0. The molecule has 3 heteroatoms. The Morgan fingerprint density at radius 3 is 2.86 bits per heavy atom. The van der Waals surface area contributed by atoms with Gasteiger partial charge in [0.2, 0.25) is 0 Å². The Balaban J connectivity index is 2.86. The largest absolute Gasteiger partial charge is 0.297 e. The predicted molar refractivity (Wildman–Crippen MR) is 56.7 cm³/mol. The second-order valence-electron chi connectivity index (χ2n) is 3.10. The Labute approximate surface area is 85.4 Å². The minimum atomic E-state index is 0.643. The number of aryl methyl sites for hydroxylation is 1. The zero-order valence-corrected chi connectivity index (χ0v) is 8.39. The molecule has 0 aliphatic rings. The van der Waals surface area contributed by atoms with Crippen LogP contribution in [-0.4, -0.2) is 6.29 Å². The first-order valence-corrected chi connectivity index (χ1v) is 4.95. The summed E-state index contributed by atoms with van der Waals surface area (Å²) in [5, 5.41) is 9.79. The number of hydrogen-bond acceptors (Lipinski definition) is 3. The minimum absolute atomic E-state index is 0.643. The number of rotatable bonds is 1. The second-order valence-corrected chi connectivity index (χ2v) is 4.22. The molecule has 0 spiro atoms. The third-order valence-corrected chi connectivity index (χ3v) is 3.04. The van der Waals surface area contributed by atoms with Crippen LogP contribution in [0.15, 0.2) is 18.2 Å². The third kappa shape index (κ3) is 1.30. The molecule has 2 nitrogen and oxygen atoms in total. The van der Waals surface area contributed by atoms with Gasteiger partial charge in [0.1, 0.15) is 0 Å². The van der Waals surface area contributed by atoms with Crippen molar-refractivity contribution in [2.75, 3.05) is 0 Å². The zero-order chi connectivity index (χ0) is 10.1. The summed E-state index contributed by atoms with van der Waals surface area (Å²) in [6.45, 7) is 1.95. The van der Waals surface area contributed by atoms with Crippen molar-refractivity contribution in [1.82, 2.24) is 0 Å². The normalized spacial score (nSPS) is 10.0. The molecule has 0 saturated carbocycles.